The molecule has 0 bridgehead atoms. The summed E-state index contributed by atoms with van der Waals surface area (Å²) < 4.78 is 26.8. The molecule has 3 nitrogen and oxygen atoms in total. The zero-order valence-corrected chi connectivity index (χ0v) is 11.2. The van der Waals surface area contributed by atoms with E-state index in [4.69, 9.17) is 5.11 Å². The van der Waals surface area contributed by atoms with E-state index in [1.165, 1.54) is 18.2 Å². The Kier molecular flexibility index (Phi) is 5.06. The Morgan fingerprint density at radius 2 is 1.80 bits per heavy atom. The molecular formula is C15H19F2NO2. The number of carboxylic acid groups (broad SMARTS) is 1. The SMILES string of the molecule is O=C(O)C1CCC(CNCc2c(F)cccc2F)CC1. The van der Waals surface area contributed by atoms with E-state index in [-0.39, 0.29) is 18.0 Å². The Morgan fingerprint density at radius 1 is 1.20 bits per heavy atom. The van der Waals surface area contributed by atoms with Crippen LogP contribution < -0.4 is 5.32 Å². The van der Waals surface area contributed by atoms with Crippen molar-refractivity contribution in [3.05, 3.63) is 35.4 Å². The first-order valence-corrected chi connectivity index (χ1v) is 6.94. The monoisotopic (exact) mass is 283 g/mol. The normalized spacial score (nSPS) is 22.7. The average molecular weight is 283 g/mol. The summed E-state index contributed by atoms with van der Waals surface area (Å²) in [5, 5.41) is 12.0. The molecule has 1 fully saturated rings. The number of halogens is 2. The Hall–Kier alpha value is -1.49. The lowest BCUT2D eigenvalue weighted by molar-refractivity contribution is -0.143. The molecule has 110 valence electrons. The molecule has 0 saturated heterocycles. The van der Waals surface area contributed by atoms with E-state index in [2.05, 4.69) is 5.32 Å². The van der Waals surface area contributed by atoms with E-state index >= 15 is 0 Å². The lowest BCUT2D eigenvalue weighted by Gasteiger charge is -2.26. The summed E-state index contributed by atoms with van der Waals surface area (Å²) in [6, 6.07) is 3.84. The molecular weight excluding hydrogens is 264 g/mol. The molecule has 2 rings (SSSR count). The molecule has 1 aromatic carbocycles. The van der Waals surface area contributed by atoms with E-state index in [1.807, 2.05) is 0 Å². The van der Waals surface area contributed by atoms with Gasteiger partial charge in [0, 0.05) is 12.1 Å². The van der Waals surface area contributed by atoms with E-state index in [1.54, 1.807) is 0 Å². The summed E-state index contributed by atoms with van der Waals surface area (Å²) in [5.41, 5.74) is 0.0618. The summed E-state index contributed by atoms with van der Waals surface area (Å²) in [6.45, 7) is 0.831. The molecule has 0 aliphatic heterocycles. The van der Waals surface area contributed by atoms with Gasteiger partial charge in [0.25, 0.3) is 0 Å². The highest BCUT2D eigenvalue weighted by Crippen LogP contribution is 2.28. The van der Waals surface area contributed by atoms with Crippen LogP contribution in [0.5, 0.6) is 0 Å². The molecule has 0 heterocycles. The molecule has 1 saturated carbocycles. The van der Waals surface area contributed by atoms with Crippen LogP contribution in [0.25, 0.3) is 0 Å². The number of aliphatic carboxylic acids is 1. The second-order valence-electron chi connectivity index (χ2n) is 5.39. The fraction of sp³-hybridized carbons (Fsp3) is 0.533. The van der Waals surface area contributed by atoms with Crippen molar-refractivity contribution >= 4 is 5.97 Å². The molecule has 5 heteroatoms. The fourth-order valence-corrected chi connectivity index (χ4v) is 2.72. The molecule has 2 N–H and O–H groups in total. The van der Waals surface area contributed by atoms with Crippen molar-refractivity contribution in [2.24, 2.45) is 11.8 Å². The van der Waals surface area contributed by atoms with Crippen LogP contribution in [0.4, 0.5) is 8.78 Å². The van der Waals surface area contributed by atoms with Crippen LogP contribution in [0, 0.1) is 23.5 Å². The number of hydrogen-bond acceptors (Lipinski definition) is 2. The maximum atomic E-state index is 13.4. The van der Waals surface area contributed by atoms with E-state index in [0.717, 1.165) is 12.8 Å². The summed E-state index contributed by atoms with van der Waals surface area (Å²) >= 11 is 0. The molecule has 0 atom stereocenters. The number of carbonyl (C=O) groups is 1. The predicted molar refractivity (Wildman–Crippen MR) is 71.1 cm³/mol. The van der Waals surface area contributed by atoms with Gasteiger partial charge in [-0.2, -0.15) is 0 Å². The van der Waals surface area contributed by atoms with Crippen LogP contribution in [0.2, 0.25) is 0 Å². The van der Waals surface area contributed by atoms with Gasteiger partial charge in [0.05, 0.1) is 5.92 Å². The number of benzene rings is 1. The standard InChI is InChI=1S/C15H19F2NO2/c16-13-2-1-3-14(17)12(13)9-18-8-10-4-6-11(7-5-10)15(19)20/h1-3,10-11,18H,4-9H2,(H,19,20). The van der Waals surface area contributed by atoms with Crippen LogP contribution in [0.1, 0.15) is 31.2 Å². The van der Waals surface area contributed by atoms with Crippen molar-refractivity contribution in [2.45, 2.75) is 32.2 Å². The predicted octanol–water partition coefficient (Wildman–Crippen LogP) is 2.95. The van der Waals surface area contributed by atoms with Crippen LogP contribution >= 0.6 is 0 Å². The minimum absolute atomic E-state index is 0.0618. The lowest BCUT2D eigenvalue weighted by Crippen LogP contribution is -2.29. The van der Waals surface area contributed by atoms with Crippen LogP contribution in [0.15, 0.2) is 18.2 Å². The Bertz CT molecular complexity index is 451. The lowest BCUT2D eigenvalue weighted by atomic mass is 9.82. The van der Waals surface area contributed by atoms with Gasteiger partial charge < -0.3 is 10.4 Å². The highest BCUT2D eigenvalue weighted by atomic mass is 19.1. The first kappa shape index (κ1) is 14.9. The number of hydrogen-bond donors (Lipinski definition) is 2. The van der Waals surface area contributed by atoms with Gasteiger partial charge >= 0.3 is 5.97 Å². The maximum absolute atomic E-state index is 13.4. The van der Waals surface area contributed by atoms with E-state index in [0.29, 0.717) is 25.3 Å². The van der Waals surface area contributed by atoms with Gasteiger partial charge in [0.2, 0.25) is 0 Å². The number of carboxylic acids is 1. The minimum Gasteiger partial charge on any atom is -0.481 e. The van der Waals surface area contributed by atoms with Crippen molar-refractivity contribution in [3.63, 3.8) is 0 Å². The van der Waals surface area contributed by atoms with E-state index < -0.39 is 17.6 Å². The van der Waals surface area contributed by atoms with Crippen molar-refractivity contribution in [1.29, 1.82) is 0 Å². The quantitative estimate of drug-likeness (QED) is 0.873. The minimum atomic E-state index is -0.718. The Labute approximate surface area is 117 Å². The molecule has 0 aromatic heterocycles. The van der Waals surface area contributed by atoms with Gasteiger partial charge in [0.1, 0.15) is 11.6 Å². The molecule has 0 unspecified atom stereocenters. The maximum Gasteiger partial charge on any atom is 0.306 e. The smallest absolute Gasteiger partial charge is 0.306 e. The first-order valence-electron chi connectivity index (χ1n) is 6.94. The second-order valence-corrected chi connectivity index (χ2v) is 5.39. The van der Waals surface area contributed by atoms with Gasteiger partial charge in [-0.15, -0.1) is 0 Å². The Morgan fingerprint density at radius 3 is 2.35 bits per heavy atom. The van der Waals surface area contributed by atoms with Crippen molar-refractivity contribution in [2.75, 3.05) is 6.54 Å². The van der Waals surface area contributed by atoms with E-state index in [9.17, 15) is 13.6 Å². The molecule has 0 amide bonds. The largest absolute Gasteiger partial charge is 0.481 e. The average Bonchev–Trinajstić information content (AvgIpc) is 2.42. The van der Waals surface area contributed by atoms with Crippen LogP contribution in [0.3, 0.4) is 0 Å². The third kappa shape index (κ3) is 3.76. The first-order chi connectivity index (χ1) is 9.58. The van der Waals surface area contributed by atoms with Crippen LogP contribution in [-0.2, 0) is 11.3 Å². The zero-order chi connectivity index (χ0) is 14.5. The number of nitrogens with one attached hydrogen (secondary N) is 1. The van der Waals surface area contributed by atoms with Gasteiger partial charge in [-0.3, -0.25) is 4.79 Å². The molecule has 0 radical (unpaired) electrons. The van der Waals surface area contributed by atoms with Crippen LogP contribution in [-0.4, -0.2) is 17.6 Å². The van der Waals surface area contributed by atoms with Gasteiger partial charge in [0.15, 0.2) is 0 Å². The number of rotatable bonds is 5. The molecule has 0 spiro atoms. The molecule has 20 heavy (non-hydrogen) atoms. The topological polar surface area (TPSA) is 49.3 Å². The third-order valence-electron chi connectivity index (χ3n) is 3.99. The van der Waals surface area contributed by atoms with Crippen molar-refractivity contribution in [3.8, 4) is 0 Å². The Balaban J connectivity index is 1.76. The third-order valence-corrected chi connectivity index (χ3v) is 3.99. The highest BCUT2D eigenvalue weighted by Gasteiger charge is 2.25. The molecule has 1 aliphatic carbocycles. The van der Waals surface area contributed by atoms with Crippen molar-refractivity contribution < 1.29 is 18.7 Å². The van der Waals surface area contributed by atoms with Gasteiger partial charge in [-0.1, -0.05) is 6.07 Å². The van der Waals surface area contributed by atoms with Gasteiger partial charge in [-0.25, -0.2) is 8.78 Å². The summed E-state index contributed by atoms with van der Waals surface area (Å²) in [5.74, 6) is -1.63. The summed E-state index contributed by atoms with van der Waals surface area (Å²) in [7, 11) is 0. The molecule has 1 aliphatic rings. The summed E-state index contributed by atoms with van der Waals surface area (Å²) in [6.07, 6.45) is 3.08. The highest BCUT2D eigenvalue weighted by molar-refractivity contribution is 5.69. The van der Waals surface area contributed by atoms with Gasteiger partial charge in [-0.05, 0) is 50.3 Å². The van der Waals surface area contributed by atoms with Crippen molar-refractivity contribution in [1.82, 2.24) is 5.32 Å². The summed E-state index contributed by atoms with van der Waals surface area (Å²) in [4.78, 5) is 10.8. The second kappa shape index (κ2) is 6.79. The molecule has 1 aromatic rings. The fourth-order valence-electron chi connectivity index (χ4n) is 2.72. The zero-order valence-electron chi connectivity index (χ0n) is 11.2.